The number of nitrogens with zero attached hydrogens (tertiary/aromatic N) is 3. The molecule has 0 amide bonds. The highest BCUT2D eigenvalue weighted by molar-refractivity contribution is 6.00. The average molecular weight is 408 g/mol. The summed E-state index contributed by atoms with van der Waals surface area (Å²) in [6.45, 7) is 5.85. The molecule has 4 rings (SSSR count). The molecule has 6 nitrogen and oxygen atoms in total. The van der Waals surface area contributed by atoms with Crippen molar-refractivity contribution in [3.8, 4) is 11.5 Å². The van der Waals surface area contributed by atoms with Crippen LogP contribution in [-0.4, -0.2) is 53.6 Å². The quantitative estimate of drug-likeness (QED) is 0.571. The molecule has 1 fully saturated rings. The van der Waals surface area contributed by atoms with Crippen molar-refractivity contribution in [2.45, 2.75) is 38.8 Å². The van der Waals surface area contributed by atoms with Gasteiger partial charge in [-0.05, 0) is 57.0 Å². The van der Waals surface area contributed by atoms with Crippen LogP contribution in [0.2, 0.25) is 0 Å². The minimum atomic E-state index is -0.176. The van der Waals surface area contributed by atoms with Gasteiger partial charge in [0.25, 0.3) is 0 Å². The first-order valence-electron chi connectivity index (χ1n) is 10.5. The van der Waals surface area contributed by atoms with E-state index in [1.54, 1.807) is 26.4 Å². The molecule has 30 heavy (non-hydrogen) atoms. The number of aryl methyl sites for hydroxylation is 1. The Morgan fingerprint density at radius 3 is 2.47 bits per heavy atom. The Kier molecular flexibility index (Phi) is 5.77. The van der Waals surface area contributed by atoms with Crippen LogP contribution >= 0.6 is 0 Å². The highest BCUT2D eigenvalue weighted by Gasteiger charge is 2.29. The lowest BCUT2D eigenvalue weighted by Gasteiger charge is -2.36. The van der Waals surface area contributed by atoms with E-state index in [4.69, 9.17) is 14.5 Å². The van der Waals surface area contributed by atoms with Crippen molar-refractivity contribution in [2.75, 3.05) is 27.3 Å². The Bertz CT molecular complexity index is 1050. The van der Waals surface area contributed by atoms with E-state index < -0.39 is 0 Å². The molecule has 1 saturated heterocycles. The molecule has 3 aromatic rings. The number of ether oxygens (including phenoxy) is 2. The third-order valence-electron chi connectivity index (χ3n) is 6.23. The standard InChI is InChI=1S/C24H29N3O3/c1-16(24(28)18-9-10-22(29-3)23(15-18)30-4)26-13-11-19(12-14-26)27-17(2)25-20-7-5-6-8-21(20)27/h5-10,15-16,19H,11-14H2,1-4H3. The van der Waals surface area contributed by atoms with E-state index >= 15 is 0 Å². The first-order chi connectivity index (χ1) is 14.5. The molecule has 158 valence electrons. The fourth-order valence-corrected chi connectivity index (χ4v) is 4.55. The lowest BCUT2D eigenvalue weighted by molar-refractivity contribution is 0.0776. The molecular formula is C24H29N3O3. The maximum Gasteiger partial charge on any atom is 0.179 e. The van der Waals surface area contributed by atoms with Crippen LogP contribution in [0.4, 0.5) is 0 Å². The number of methoxy groups -OCH3 is 2. The zero-order valence-electron chi connectivity index (χ0n) is 18.1. The zero-order valence-corrected chi connectivity index (χ0v) is 18.1. The highest BCUT2D eigenvalue weighted by atomic mass is 16.5. The van der Waals surface area contributed by atoms with Gasteiger partial charge in [-0.15, -0.1) is 0 Å². The van der Waals surface area contributed by atoms with Gasteiger partial charge in [0.05, 0.1) is 31.3 Å². The van der Waals surface area contributed by atoms with E-state index in [-0.39, 0.29) is 11.8 Å². The summed E-state index contributed by atoms with van der Waals surface area (Å²) in [5.41, 5.74) is 2.90. The third kappa shape index (κ3) is 3.67. The minimum absolute atomic E-state index is 0.110. The Morgan fingerprint density at radius 1 is 1.07 bits per heavy atom. The summed E-state index contributed by atoms with van der Waals surface area (Å²) in [5, 5.41) is 0. The molecule has 0 radical (unpaired) electrons. The van der Waals surface area contributed by atoms with Gasteiger partial charge < -0.3 is 14.0 Å². The summed E-state index contributed by atoms with van der Waals surface area (Å²) in [6.07, 6.45) is 2.01. The van der Waals surface area contributed by atoms with Gasteiger partial charge >= 0.3 is 0 Å². The molecule has 1 aliphatic heterocycles. The molecule has 1 aromatic heterocycles. The van der Waals surface area contributed by atoms with Crippen LogP contribution in [0.1, 0.15) is 42.0 Å². The van der Waals surface area contributed by atoms with Crippen molar-refractivity contribution < 1.29 is 14.3 Å². The minimum Gasteiger partial charge on any atom is -0.493 e. The Morgan fingerprint density at radius 2 is 1.77 bits per heavy atom. The lowest BCUT2D eigenvalue weighted by atomic mass is 9.98. The molecule has 0 spiro atoms. The van der Waals surface area contributed by atoms with E-state index in [0.29, 0.717) is 23.1 Å². The number of benzene rings is 2. The van der Waals surface area contributed by atoms with Crippen LogP contribution in [0.25, 0.3) is 11.0 Å². The Balaban J connectivity index is 1.46. The van der Waals surface area contributed by atoms with E-state index in [9.17, 15) is 4.79 Å². The number of fused-ring (bicyclic) bond motifs is 1. The van der Waals surface area contributed by atoms with Crippen molar-refractivity contribution in [1.29, 1.82) is 0 Å². The summed E-state index contributed by atoms with van der Waals surface area (Å²) in [6, 6.07) is 13.9. The second-order valence-corrected chi connectivity index (χ2v) is 7.89. The number of ketones is 1. The predicted molar refractivity (Wildman–Crippen MR) is 118 cm³/mol. The van der Waals surface area contributed by atoms with Gasteiger partial charge in [-0.1, -0.05) is 12.1 Å². The molecule has 1 unspecified atom stereocenters. The predicted octanol–water partition coefficient (Wildman–Crippen LogP) is 4.27. The van der Waals surface area contributed by atoms with Gasteiger partial charge in [-0.2, -0.15) is 0 Å². The summed E-state index contributed by atoms with van der Waals surface area (Å²) < 4.78 is 13.0. The van der Waals surface area contributed by atoms with Crippen LogP contribution in [0.5, 0.6) is 11.5 Å². The van der Waals surface area contributed by atoms with Crippen LogP contribution in [-0.2, 0) is 0 Å². The van der Waals surface area contributed by atoms with E-state index in [2.05, 4.69) is 34.6 Å². The van der Waals surface area contributed by atoms with Crippen molar-refractivity contribution in [1.82, 2.24) is 14.5 Å². The van der Waals surface area contributed by atoms with E-state index in [1.165, 1.54) is 5.52 Å². The molecule has 0 aliphatic carbocycles. The van der Waals surface area contributed by atoms with Gasteiger partial charge in [0.1, 0.15) is 5.82 Å². The smallest absolute Gasteiger partial charge is 0.179 e. The first kappa shape index (κ1) is 20.4. The topological polar surface area (TPSA) is 56.6 Å². The Hall–Kier alpha value is -2.86. The second kappa shape index (κ2) is 8.48. The number of imidazole rings is 1. The number of likely N-dealkylation sites (tertiary alicyclic amines) is 1. The molecule has 1 aliphatic rings. The largest absolute Gasteiger partial charge is 0.493 e. The number of rotatable bonds is 6. The van der Waals surface area contributed by atoms with Crippen molar-refractivity contribution in [2.24, 2.45) is 0 Å². The molecular weight excluding hydrogens is 378 g/mol. The third-order valence-corrected chi connectivity index (χ3v) is 6.23. The van der Waals surface area contributed by atoms with Crippen LogP contribution < -0.4 is 9.47 Å². The van der Waals surface area contributed by atoms with Gasteiger partial charge in [-0.3, -0.25) is 9.69 Å². The second-order valence-electron chi connectivity index (χ2n) is 7.89. The SMILES string of the molecule is COc1ccc(C(=O)C(C)N2CCC(n3c(C)nc4ccccc43)CC2)cc1OC. The number of carbonyl (C=O) groups is 1. The average Bonchev–Trinajstić information content (AvgIpc) is 3.13. The fourth-order valence-electron chi connectivity index (χ4n) is 4.55. The van der Waals surface area contributed by atoms with Crippen LogP contribution in [0.3, 0.4) is 0 Å². The van der Waals surface area contributed by atoms with E-state index in [1.807, 2.05) is 19.1 Å². The number of hydrogen-bond donors (Lipinski definition) is 0. The molecule has 0 saturated carbocycles. The number of carbonyl (C=O) groups excluding carboxylic acids is 1. The molecule has 1 atom stereocenters. The fraction of sp³-hybridized carbons (Fsp3) is 0.417. The number of hydrogen-bond acceptors (Lipinski definition) is 5. The maximum absolute atomic E-state index is 13.1. The maximum atomic E-state index is 13.1. The van der Waals surface area contributed by atoms with Crippen LogP contribution in [0, 0.1) is 6.92 Å². The summed E-state index contributed by atoms with van der Waals surface area (Å²) >= 11 is 0. The molecule has 6 heteroatoms. The van der Waals surface area contributed by atoms with E-state index in [0.717, 1.165) is 37.3 Å². The number of para-hydroxylation sites is 2. The summed E-state index contributed by atoms with van der Waals surface area (Å²) in [7, 11) is 3.18. The van der Waals surface area contributed by atoms with Crippen LogP contribution in [0.15, 0.2) is 42.5 Å². The molecule has 2 aromatic carbocycles. The Labute approximate surface area is 177 Å². The monoisotopic (exact) mass is 407 g/mol. The lowest BCUT2D eigenvalue weighted by Crippen LogP contribution is -2.44. The number of piperidine rings is 1. The first-order valence-corrected chi connectivity index (χ1v) is 10.5. The van der Waals surface area contributed by atoms with Crippen molar-refractivity contribution >= 4 is 16.8 Å². The van der Waals surface area contributed by atoms with Crippen molar-refractivity contribution in [3.05, 3.63) is 53.9 Å². The van der Waals surface area contributed by atoms with Crippen molar-refractivity contribution in [3.63, 3.8) is 0 Å². The summed E-state index contributed by atoms with van der Waals surface area (Å²) in [4.78, 5) is 20.1. The zero-order chi connectivity index (χ0) is 21.3. The van der Waals surface area contributed by atoms with Gasteiger partial charge in [0.15, 0.2) is 17.3 Å². The molecule has 0 N–H and O–H groups in total. The van der Waals surface area contributed by atoms with Gasteiger partial charge in [0.2, 0.25) is 0 Å². The van der Waals surface area contributed by atoms with Gasteiger partial charge in [0, 0.05) is 24.7 Å². The van der Waals surface area contributed by atoms with Gasteiger partial charge in [-0.25, -0.2) is 4.98 Å². The highest BCUT2D eigenvalue weighted by Crippen LogP contribution is 2.31. The number of aromatic nitrogens is 2. The molecule has 0 bridgehead atoms. The summed E-state index contributed by atoms with van der Waals surface area (Å²) in [5.74, 6) is 2.38. The molecule has 2 heterocycles. The normalized spacial score (nSPS) is 16.5. The number of Topliss-reactive ketones (excluding diaryl/α,β-unsaturated/α-hetero) is 1.